The fraction of sp³-hybridized carbons (Fsp3) is 0.235. The minimum absolute atomic E-state index is 0.221. The van der Waals surface area contributed by atoms with Crippen LogP contribution in [0.15, 0.2) is 30.3 Å². The van der Waals surface area contributed by atoms with Crippen LogP contribution in [0.1, 0.15) is 21.5 Å². The summed E-state index contributed by atoms with van der Waals surface area (Å²) in [6, 6.07) is 8.92. The van der Waals surface area contributed by atoms with Crippen molar-refractivity contribution in [3.63, 3.8) is 0 Å². The third-order valence-corrected chi connectivity index (χ3v) is 3.52. The van der Waals surface area contributed by atoms with Crippen LogP contribution in [0, 0.1) is 13.8 Å². The number of halogens is 1. The summed E-state index contributed by atoms with van der Waals surface area (Å²) in [6.45, 7) is 3.90. The van der Waals surface area contributed by atoms with Crippen molar-refractivity contribution in [2.75, 3.05) is 19.5 Å². The number of hydrogen-bond acceptors (Lipinski definition) is 3. The Balaban J connectivity index is 2.31. The molecule has 2 aromatic carbocycles. The van der Waals surface area contributed by atoms with E-state index < -0.39 is 0 Å². The van der Waals surface area contributed by atoms with Crippen molar-refractivity contribution in [1.82, 2.24) is 0 Å². The third-order valence-electron chi connectivity index (χ3n) is 3.21. The third kappa shape index (κ3) is 3.52. The second-order valence-electron chi connectivity index (χ2n) is 5.02. The molecular weight excluding hydrogens is 302 g/mol. The van der Waals surface area contributed by atoms with Gasteiger partial charge in [0.2, 0.25) is 0 Å². The molecule has 0 radical (unpaired) electrons. The Morgan fingerprint density at radius 3 is 2.05 bits per heavy atom. The summed E-state index contributed by atoms with van der Waals surface area (Å²) in [7, 11) is 3.06. The minimum Gasteiger partial charge on any atom is -0.493 e. The number of rotatable bonds is 4. The summed E-state index contributed by atoms with van der Waals surface area (Å²) in [5.41, 5.74) is 3.12. The molecule has 0 heterocycles. The Bertz CT molecular complexity index is 693. The first-order valence-corrected chi connectivity index (χ1v) is 7.13. The Hall–Kier alpha value is -2.20. The van der Waals surface area contributed by atoms with Gasteiger partial charge in [0.05, 0.1) is 24.9 Å². The average molecular weight is 320 g/mol. The number of carbonyl (C=O) groups is 1. The van der Waals surface area contributed by atoms with Crippen LogP contribution in [0.25, 0.3) is 0 Å². The Morgan fingerprint density at radius 2 is 1.50 bits per heavy atom. The van der Waals surface area contributed by atoms with Crippen molar-refractivity contribution in [3.8, 4) is 11.5 Å². The van der Waals surface area contributed by atoms with Crippen molar-refractivity contribution < 1.29 is 14.3 Å². The molecule has 0 unspecified atom stereocenters. The first kappa shape index (κ1) is 16.2. The van der Waals surface area contributed by atoms with Crippen molar-refractivity contribution in [3.05, 3.63) is 52.0 Å². The molecule has 2 rings (SSSR count). The summed E-state index contributed by atoms with van der Waals surface area (Å²) >= 11 is 6.18. The van der Waals surface area contributed by atoms with Gasteiger partial charge in [-0.3, -0.25) is 4.79 Å². The Morgan fingerprint density at radius 1 is 0.955 bits per heavy atom. The number of carbonyl (C=O) groups excluding carboxylic acids is 1. The second-order valence-corrected chi connectivity index (χ2v) is 5.42. The van der Waals surface area contributed by atoms with Gasteiger partial charge in [-0.25, -0.2) is 0 Å². The zero-order chi connectivity index (χ0) is 16.3. The first-order valence-electron chi connectivity index (χ1n) is 6.75. The number of hydrogen-bond donors (Lipinski definition) is 1. The van der Waals surface area contributed by atoms with Crippen molar-refractivity contribution in [1.29, 1.82) is 0 Å². The number of anilines is 1. The number of ether oxygens (including phenoxy) is 2. The van der Waals surface area contributed by atoms with E-state index in [0.29, 0.717) is 27.8 Å². The van der Waals surface area contributed by atoms with Crippen molar-refractivity contribution in [2.24, 2.45) is 0 Å². The molecular formula is C17H18ClNO3. The van der Waals surface area contributed by atoms with E-state index in [4.69, 9.17) is 21.1 Å². The predicted octanol–water partition coefficient (Wildman–Crippen LogP) is 4.23. The highest BCUT2D eigenvalue weighted by Gasteiger charge is 2.13. The molecule has 0 aliphatic carbocycles. The average Bonchev–Trinajstić information content (AvgIpc) is 2.47. The van der Waals surface area contributed by atoms with Crippen LogP contribution in [0.5, 0.6) is 11.5 Å². The van der Waals surface area contributed by atoms with Crippen molar-refractivity contribution in [2.45, 2.75) is 13.8 Å². The molecule has 0 atom stereocenters. The first-order chi connectivity index (χ1) is 10.4. The van der Waals surface area contributed by atoms with Crippen LogP contribution in [0.2, 0.25) is 5.02 Å². The molecule has 0 saturated heterocycles. The predicted molar refractivity (Wildman–Crippen MR) is 88.4 cm³/mol. The van der Waals surface area contributed by atoms with Gasteiger partial charge in [-0.15, -0.1) is 0 Å². The standard InChI is InChI=1S/C17H18ClNO3/c1-10-5-11(2)7-12(6-10)17(20)19-14-9-16(22-4)15(21-3)8-13(14)18/h5-9H,1-4H3,(H,19,20). The van der Waals surface area contributed by atoms with Gasteiger partial charge in [-0.05, 0) is 26.0 Å². The number of amides is 1. The van der Waals surface area contributed by atoms with Crippen molar-refractivity contribution >= 4 is 23.2 Å². The van der Waals surface area contributed by atoms with Gasteiger partial charge in [0.15, 0.2) is 11.5 Å². The maximum absolute atomic E-state index is 12.4. The molecule has 0 aliphatic heterocycles. The molecule has 22 heavy (non-hydrogen) atoms. The van der Waals surface area contributed by atoms with Gasteiger partial charge in [0, 0.05) is 17.7 Å². The summed E-state index contributed by atoms with van der Waals surface area (Å²) in [6.07, 6.45) is 0. The van der Waals surface area contributed by atoms with Gasteiger partial charge >= 0.3 is 0 Å². The maximum atomic E-state index is 12.4. The van der Waals surface area contributed by atoms with Gasteiger partial charge in [0.1, 0.15) is 0 Å². The van der Waals surface area contributed by atoms with E-state index in [9.17, 15) is 4.79 Å². The fourth-order valence-corrected chi connectivity index (χ4v) is 2.45. The molecule has 1 amide bonds. The molecule has 0 bridgehead atoms. The van der Waals surface area contributed by atoms with Crippen LogP contribution < -0.4 is 14.8 Å². The van der Waals surface area contributed by atoms with Gasteiger partial charge in [-0.1, -0.05) is 28.8 Å². The number of aryl methyl sites for hydroxylation is 2. The van der Waals surface area contributed by atoms with Crippen LogP contribution >= 0.6 is 11.6 Å². The minimum atomic E-state index is -0.221. The second kappa shape index (κ2) is 6.71. The lowest BCUT2D eigenvalue weighted by atomic mass is 10.1. The van der Waals surface area contributed by atoms with E-state index in [1.54, 1.807) is 12.1 Å². The molecule has 4 nitrogen and oxygen atoms in total. The molecule has 116 valence electrons. The topological polar surface area (TPSA) is 47.6 Å². The van der Waals surface area contributed by atoms with Gasteiger partial charge in [0.25, 0.3) is 5.91 Å². The quantitative estimate of drug-likeness (QED) is 0.917. The monoisotopic (exact) mass is 319 g/mol. The lowest BCUT2D eigenvalue weighted by molar-refractivity contribution is 0.102. The van der Waals surface area contributed by atoms with Crippen LogP contribution in [-0.4, -0.2) is 20.1 Å². The molecule has 5 heteroatoms. The van der Waals surface area contributed by atoms with E-state index in [0.717, 1.165) is 11.1 Å². The molecule has 0 aromatic heterocycles. The van der Waals surface area contributed by atoms with E-state index in [2.05, 4.69) is 5.32 Å². The van der Waals surface area contributed by atoms with Crippen LogP contribution in [-0.2, 0) is 0 Å². The Kier molecular flexibility index (Phi) is 4.93. The highest BCUT2D eigenvalue weighted by Crippen LogP contribution is 2.36. The van der Waals surface area contributed by atoms with Crippen LogP contribution in [0.4, 0.5) is 5.69 Å². The van der Waals surface area contributed by atoms with Gasteiger partial charge in [-0.2, -0.15) is 0 Å². The Labute approximate surface area is 135 Å². The van der Waals surface area contributed by atoms with E-state index >= 15 is 0 Å². The zero-order valence-electron chi connectivity index (χ0n) is 13.0. The smallest absolute Gasteiger partial charge is 0.255 e. The molecule has 0 spiro atoms. The van der Waals surface area contributed by atoms with E-state index in [1.807, 2.05) is 32.0 Å². The summed E-state index contributed by atoms with van der Waals surface area (Å²) in [5.74, 6) is 0.792. The summed E-state index contributed by atoms with van der Waals surface area (Å²) in [4.78, 5) is 12.4. The normalized spacial score (nSPS) is 10.2. The molecule has 0 fully saturated rings. The molecule has 2 aromatic rings. The zero-order valence-corrected chi connectivity index (χ0v) is 13.7. The number of benzene rings is 2. The number of methoxy groups -OCH3 is 2. The lowest BCUT2D eigenvalue weighted by Crippen LogP contribution is -2.13. The summed E-state index contributed by atoms with van der Waals surface area (Å²) in [5, 5.41) is 3.19. The summed E-state index contributed by atoms with van der Waals surface area (Å²) < 4.78 is 10.4. The molecule has 1 N–H and O–H groups in total. The maximum Gasteiger partial charge on any atom is 0.255 e. The molecule has 0 aliphatic rings. The highest BCUT2D eigenvalue weighted by molar-refractivity contribution is 6.34. The lowest BCUT2D eigenvalue weighted by Gasteiger charge is -2.13. The van der Waals surface area contributed by atoms with E-state index in [-0.39, 0.29) is 5.91 Å². The molecule has 0 saturated carbocycles. The number of nitrogens with one attached hydrogen (secondary N) is 1. The largest absolute Gasteiger partial charge is 0.493 e. The SMILES string of the molecule is COc1cc(Cl)c(NC(=O)c2cc(C)cc(C)c2)cc1OC. The van der Waals surface area contributed by atoms with E-state index in [1.165, 1.54) is 14.2 Å². The van der Waals surface area contributed by atoms with Crippen LogP contribution in [0.3, 0.4) is 0 Å². The fourth-order valence-electron chi connectivity index (χ4n) is 2.25. The highest BCUT2D eigenvalue weighted by atomic mass is 35.5. The van der Waals surface area contributed by atoms with Gasteiger partial charge < -0.3 is 14.8 Å².